The number of ether oxygens (including phenoxy) is 4. The van der Waals surface area contributed by atoms with Gasteiger partial charge in [0, 0.05) is 25.7 Å². The molecule has 0 aliphatic rings. The number of carbonyl (C=O) groups excluding carboxylic acids is 4. The number of hydrogen-bond donors (Lipinski definition) is 3. The summed E-state index contributed by atoms with van der Waals surface area (Å²) in [6.07, 6.45) is 52.8. The van der Waals surface area contributed by atoms with Gasteiger partial charge in [-0.3, -0.25) is 37.3 Å². The third kappa shape index (κ3) is 68.4. The summed E-state index contributed by atoms with van der Waals surface area (Å²) in [6, 6.07) is 0. The van der Waals surface area contributed by atoms with Gasteiger partial charge in [0.25, 0.3) is 0 Å². The molecule has 0 bridgehead atoms. The summed E-state index contributed by atoms with van der Waals surface area (Å²) in [4.78, 5) is 72.6. The highest BCUT2D eigenvalue weighted by Crippen LogP contribution is 2.45. The monoisotopic (exact) mass is 1370 g/mol. The van der Waals surface area contributed by atoms with E-state index in [-0.39, 0.29) is 25.7 Å². The zero-order chi connectivity index (χ0) is 68.6. The van der Waals surface area contributed by atoms with Crippen LogP contribution in [-0.4, -0.2) is 96.7 Å². The summed E-state index contributed by atoms with van der Waals surface area (Å²) in [6.45, 7) is 9.55. The van der Waals surface area contributed by atoms with Crippen LogP contribution in [0, 0.1) is 11.8 Å². The second-order valence-corrected chi connectivity index (χ2v) is 30.5. The van der Waals surface area contributed by atoms with Gasteiger partial charge in [0.05, 0.1) is 26.4 Å². The lowest BCUT2D eigenvalue weighted by Crippen LogP contribution is -2.30. The predicted molar refractivity (Wildman–Crippen MR) is 377 cm³/mol. The molecule has 2 unspecified atom stereocenters. The van der Waals surface area contributed by atoms with Crippen molar-refractivity contribution >= 4 is 39.5 Å². The maximum absolute atomic E-state index is 13.1. The molecule has 0 radical (unpaired) electrons. The SMILES string of the molecule is CCCCCCCCCCCCCCCCCCCCC(=O)O[C@H](COC(=O)CCCCCCCCCCCCCC(C)C)COP(=O)(O)OC[C@@H](O)COP(=O)(O)OC[C@@H](COC(=O)CCCCCCCCCC)OC(=O)CCCCCCCCCCCCC(C)C. The molecule has 0 aliphatic heterocycles. The van der Waals surface area contributed by atoms with Crippen LogP contribution < -0.4 is 0 Å². The van der Waals surface area contributed by atoms with Crippen molar-refractivity contribution in [1.29, 1.82) is 0 Å². The lowest BCUT2D eigenvalue weighted by atomic mass is 10.0. The predicted octanol–water partition coefficient (Wildman–Crippen LogP) is 21.6. The Kier molecular flexibility index (Phi) is 64.6. The Morgan fingerprint density at radius 1 is 0.290 bits per heavy atom. The minimum Gasteiger partial charge on any atom is -0.462 e. The van der Waals surface area contributed by atoms with Crippen LogP contribution in [0.3, 0.4) is 0 Å². The third-order valence-electron chi connectivity index (χ3n) is 17.2. The number of carbonyl (C=O) groups is 4. The molecule has 0 rings (SSSR count). The lowest BCUT2D eigenvalue weighted by Gasteiger charge is -2.21. The number of aliphatic hydroxyl groups excluding tert-OH is 1. The van der Waals surface area contributed by atoms with Crippen molar-refractivity contribution in [1.82, 2.24) is 0 Å². The summed E-state index contributed by atoms with van der Waals surface area (Å²) in [5.41, 5.74) is 0. The van der Waals surface area contributed by atoms with Gasteiger partial charge in [-0.05, 0) is 37.5 Å². The highest BCUT2D eigenvalue weighted by atomic mass is 31.2. The van der Waals surface area contributed by atoms with E-state index >= 15 is 0 Å². The molecule has 0 amide bonds. The molecule has 0 saturated heterocycles. The Morgan fingerprint density at radius 3 is 0.731 bits per heavy atom. The van der Waals surface area contributed by atoms with Crippen LogP contribution in [0.1, 0.15) is 382 Å². The van der Waals surface area contributed by atoms with Gasteiger partial charge in [0.2, 0.25) is 0 Å². The van der Waals surface area contributed by atoms with E-state index < -0.39 is 97.5 Å². The number of phosphoric acid groups is 2. The summed E-state index contributed by atoms with van der Waals surface area (Å²) in [5, 5.41) is 10.6. The van der Waals surface area contributed by atoms with Crippen LogP contribution in [0.25, 0.3) is 0 Å². The molecule has 3 N–H and O–H groups in total. The average molecular weight is 1370 g/mol. The first kappa shape index (κ1) is 91.1. The van der Waals surface area contributed by atoms with Gasteiger partial charge in [0.15, 0.2) is 12.2 Å². The van der Waals surface area contributed by atoms with Gasteiger partial charge < -0.3 is 33.8 Å². The van der Waals surface area contributed by atoms with Gasteiger partial charge in [-0.15, -0.1) is 0 Å². The Hall–Kier alpha value is -1.94. The third-order valence-corrected chi connectivity index (χ3v) is 19.1. The van der Waals surface area contributed by atoms with Crippen LogP contribution in [0.15, 0.2) is 0 Å². The van der Waals surface area contributed by atoms with Crippen molar-refractivity contribution in [2.24, 2.45) is 11.8 Å². The molecule has 19 heteroatoms. The van der Waals surface area contributed by atoms with Crippen molar-refractivity contribution < 1.29 is 80.2 Å². The molecule has 0 aromatic heterocycles. The minimum atomic E-state index is -4.95. The number of hydrogen-bond acceptors (Lipinski definition) is 15. The van der Waals surface area contributed by atoms with Gasteiger partial charge in [-0.25, -0.2) is 9.13 Å². The second kappa shape index (κ2) is 66.0. The van der Waals surface area contributed by atoms with E-state index in [9.17, 15) is 43.2 Å². The van der Waals surface area contributed by atoms with Crippen LogP contribution >= 0.6 is 15.6 Å². The smallest absolute Gasteiger partial charge is 0.462 e. The number of rotatable bonds is 73. The molecular formula is C74H144O17P2. The Balaban J connectivity index is 5.21. The van der Waals surface area contributed by atoms with E-state index in [0.717, 1.165) is 108 Å². The Morgan fingerprint density at radius 2 is 0.495 bits per heavy atom. The maximum Gasteiger partial charge on any atom is 0.472 e. The molecule has 0 spiro atoms. The maximum atomic E-state index is 13.1. The van der Waals surface area contributed by atoms with Crippen LogP contribution in [0.5, 0.6) is 0 Å². The van der Waals surface area contributed by atoms with E-state index in [1.54, 1.807) is 0 Å². The quantitative estimate of drug-likeness (QED) is 0.0222. The summed E-state index contributed by atoms with van der Waals surface area (Å²) >= 11 is 0. The topological polar surface area (TPSA) is 237 Å². The van der Waals surface area contributed by atoms with Crippen molar-refractivity contribution in [3.05, 3.63) is 0 Å². The minimum absolute atomic E-state index is 0.106. The zero-order valence-corrected chi connectivity index (χ0v) is 62.3. The molecule has 0 aromatic rings. The van der Waals surface area contributed by atoms with Crippen molar-refractivity contribution in [2.45, 2.75) is 400 Å². The van der Waals surface area contributed by atoms with Gasteiger partial charge in [0.1, 0.15) is 19.3 Å². The average Bonchev–Trinajstić information content (AvgIpc) is 1.64. The van der Waals surface area contributed by atoms with Gasteiger partial charge >= 0.3 is 39.5 Å². The highest BCUT2D eigenvalue weighted by molar-refractivity contribution is 7.47. The van der Waals surface area contributed by atoms with E-state index in [1.807, 2.05) is 0 Å². The number of esters is 4. The molecule has 5 atom stereocenters. The van der Waals surface area contributed by atoms with Crippen molar-refractivity contribution in [3.63, 3.8) is 0 Å². The molecule has 0 heterocycles. The van der Waals surface area contributed by atoms with Crippen molar-refractivity contribution in [2.75, 3.05) is 39.6 Å². The largest absolute Gasteiger partial charge is 0.472 e. The summed E-state index contributed by atoms with van der Waals surface area (Å²) in [5.74, 6) is -0.597. The standard InChI is InChI=1S/C74H144O17P2/c1-7-9-11-13-15-17-18-19-20-21-22-23-24-27-34-40-46-52-58-73(78)91-70(63-85-72(77)57-51-45-39-33-28-25-26-31-36-42-48-54-66(3)4)65-89-93(82,83)87-61-68(75)60-86-92(80,81)88-64-69(62-84-71(76)56-50-44-38-16-14-12-10-8-2)90-74(79)59-53-47-41-35-30-29-32-37-43-49-55-67(5)6/h66-70,75H,7-65H2,1-6H3,(H,80,81)(H,82,83)/t68-,69+,70+/m0/s1. The molecule has 0 fully saturated rings. The highest BCUT2D eigenvalue weighted by Gasteiger charge is 2.30. The van der Waals surface area contributed by atoms with E-state index in [2.05, 4.69) is 41.5 Å². The van der Waals surface area contributed by atoms with Crippen LogP contribution in [0.4, 0.5) is 0 Å². The number of unbranched alkanes of at least 4 members (excludes halogenated alkanes) is 43. The molecule has 0 aliphatic carbocycles. The molecule has 93 heavy (non-hydrogen) atoms. The number of aliphatic hydroxyl groups is 1. The molecule has 0 aromatic carbocycles. The van der Waals surface area contributed by atoms with E-state index in [1.165, 1.54) is 193 Å². The molecular weight excluding hydrogens is 1220 g/mol. The number of phosphoric ester groups is 2. The lowest BCUT2D eigenvalue weighted by molar-refractivity contribution is -0.161. The van der Waals surface area contributed by atoms with Crippen LogP contribution in [0.2, 0.25) is 0 Å². The molecule has 0 saturated carbocycles. The normalized spacial score (nSPS) is 14.1. The molecule has 552 valence electrons. The van der Waals surface area contributed by atoms with E-state index in [0.29, 0.717) is 25.7 Å². The Labute approximate surface area is 568 Å². The van der Waals surface area contributed by atoms with Crippen molar-refractivity contribution in [3.8, 4) is 0 Å². The fourth-order valence-electron chi connectivity index (χ4n) is 11.3. The second-order valence-electron chi connectivity index (χ2n) is 27.6. The first-order chi connectivity index (χ1) is 44.9. The first-order valence-electron chi connectivity index (χ1n) is 38.5. The summed E-state index contributed by atoms with van der Waals surface area (Å²) < 4.78 is 68.4. The van der Waals surface area contributed by atoms with Gasteiger partial charge in [-0.1, -0.05) is 330 Å². The Bertz CT molecular complexity index is 1800. The fraction of sp³-hybridized carbons (Fsp3) is 0.946. The summed E-state index contributed by atoms with van der Waals surface area (Å²) in [7, 11) is -9.90. The van der Waals surface area contributed by atoms with E-state index in [4.69, 9.17) is 37.0 Å². The zero-order valence-electron chi connectivity index (χ0n) is 60.6. The fourth-order valence-corrected chi connectivity index (χ4v) is 12.9. The van der Waals surface area contributed by atoms with Gasteiger partial charge in [-0.2, -0.15) is 0 Å². The van der Waals surface area contributed by atoms with Crippen LogP contribution in [-0.2, 0) is 65.4 Å². The first-order valence-corrected chi connectivity index (χ1v) is 41.5. The molecule has 17 nitrogen and oxygen atoms in total.